The Hall–Kier alpha value is -3.29. The average Bonchev–Trinajstić information content (AvgIpc) is 3.13. The van der Waals surface area contributed by atoms with Crippen molar-refractivity contribution in [3.8, 4) is 22.6 Å². The van der Waals surface area contributed by atoms with Gasteiger partial charge in [-0.05, 0) is 51.3 Å². The van der Waals surface area contributed by atoms with Crippen LogP contribution in [0, 0.1) is 19.8 Å². The van der Waals surface area contributed by atoms with Gasteiger partial charge in [0.2, 0.25) is 0 Å². The number of hydrogen-bond acceptors (Lipinski definition) is 7. The second kappa shape index (κ2) is 9.06. The Morgan fingerprint density at radius 2 is 1.94 bits per heavy atom. The molecule has 0 unspecified atom stereocenters. The summed E-state index contributed by atoms with van der Waals surface area (Å²) in [4.78, 5) is 19.4. The van der Waals surface area contributed by atoms with Gasteiger partial charge in [-0.2, -0.15) is 9.61 Å². The Morgan fingerprint density at radius 3 is 2.66 bits per heavy atom. The summed E-state index contributed by atoms with van der Waals surface area (Å²) < 4.78 is 18.1. The van der Waals surface area contributed by atoms with Gasteiger partial charge in [-0.25, -0.2) is 4.98 Å². The van der Waals surface area contributed by atoms with Gasteiger partial charge in [0, 0.05) is 30.4 Å². The number of piperidine rings is 1. The van der Waals surface area contributed by atoms with E-state index in [9.17, 15) is 4.79 Å². The molecule has 0 aliphatic carbocycles. The van der Waals surface area contributed by atoms with Gasteiger partial charge in [-0.1, -0.05) is 6.07 Å². The highest BCUT2D eigenvalue weighted by Crippen LogP contribution is 2.36. The zero-order valence-corrected chi connectivity index (χ0v) is 19.3. The van der Waals surface area contributed by atoms with Crippen LogP contribution in [0.25, 0.3) is 16.8 Å². The molecule has 1 aliphatic rings. The van der Waals surface area contributed by atoms with E-state index in [0.717, 1.165) is 53.4 Å². The zero-order chi connectivity index (χ0) is 22.8. The van der Waals surface area contributed by atoms with E-state index in [0.29, 0.717) is 24.7 Å². The number of aromatic nitrogens is 3. The summed E-state index contributed by atoms with van der Waals surface area (Å²) in [6.45, 7) is 7.69. The van der Waals surface area contributed by atoms with Crippen LogP contribution in [0.5, 0.6) is 11.5 Å². The first-order chi connectivity index (χ1) is 15.5. The van der Waals surface area contributed by atoms with Gasteiger partial charge >= 0.3 is 5.97 Å². The van der Waals surface area contributed by atoms with Crippen LogP contribution in [0.2, 0.25) is 0 Å². The fraction of sp³-hybridized carbons (Fsp3) is 0.458. The molecule has 32 heavy (non-hydrogen) atoms. The van der Waals surface area contributed by atoms with Crippen molar-refractivity contribution < 1.29 is 19.0 Å². The molecule has 1 fully saturated rings. The highest BCUT2D eigenvalue weighted by atomic mass is 16.5. The standard InChI is InChI=1S/C24H30N4O4/c1-6-32-24(29)18-8-7-11-27(14-18)21-12-15(2)25-23-22(16(3)26-28(21)23)17-9-10-19(30-4)20(13-17)31-5/h9-10,12-13,18H,6-8,11,14H2,1-5H3/t18-/m0/s1. The summed E-state index contributed by atoms with van der Waals surface area (Å²) in [7, 11) is 3.25. The maximum Gasteiger partial charge on any atom is 0.310 e. The molecule has 170 valence electrons. The smallest absolute Gasteiger partial charge is 0.310 e. The Morgan fingerprint density at radius 1 is 1.16 bits per heavy atom. The largest absolute Gasteiger partial charge is 0.493 e. The van der Waals surface area contributed by atoms with Gasteiger partial charge in [-0.3, -0.25) is 4.79 Å². The van der Waals surface area contributed by atoms with E-state index in [-0.39, 0.29) is 11.9 Å². The third-order valence-electron chi connectivity index (χ3n) is 5.91. The summed E-state index contributed by atoms with van der Waals surface area (Å²) in [5, 5.41) is 4.83. The summed E-state index contributed by atoms with van der Waals surface area (Å²) in [6, 6.07) is 7.87. The maximum absolute atomic E-state index is 12.4. The van der Waals surface area contributed by atoms with Crippen LogP contribution in [0.15, 0.2) is 24.3 Å². The van der Waals surface area contributed by atoms with E-state index < -0.39 is 0 Å². The minimum absolute atomic E-state index is 0.123. The highest BCUT2D eigenvalue weighted by Gasteiger charge is 2.29. The molecule has 0 saturated carbocycles. The van der Waals surface area contributed by atoms with Crippen LogP contribution in [0.1, 0.15) is 31.2 Å². The van der Waals surface area contributed by atoms with E-state index in [1.54, 1.807) is 14.2 Å². The van der Waals surface area contributed by atoms with Gasteiger partial charge < -0.3 is 19.1 Å². The Bertz CT molecular complexity index is 1140. The molecular weight excluding hydrogens is 408 g/mol. The summed E-state index contributed by atoms with van der Waals surface area (Å²) in [5.74, 6) is 2.02. The van der Waals surface area contributed by atoms with Crippen molar-refractivity contribution in [2.75, 3.05) is 38.8 Å². The molecule has 3 aromatic rings. The monoisotopic (exact) mass is 438 g/mol. The van der Waals surface area contributed by atoms with Crippen LogP contribution in [-0.2, 0) is 9.53 Å². The number of benzene rings is 1. The topological polar surface area (TPSA) is 78.2 Å². The molecule has 3 heterocycles. The quantitative estimate of drug-likeness (QED) is 0.542. The van der Waals surface area contributed by atoms with Gasteiger partial charge in [0.1, 0.15) is 5.82 Å². The molecule has 1 atom stereocenters. The molecule has 1 aromatic carbocycles. The molecule has 0 radical (unpaired) electrons. The van der Waals surface area contributed by atoms with Crippen LogP contribution >= 0.6 is 0 Å². The van der Waals surface area contributed by atoms with Crippen molar-refractivity contribution >= 4 is 17.4 Å². The minimum Gasteiger partial charge on any atom is -0.493 e. The number of nitrogens with zero attached hydrogens (tertiary/aromatic N) is 4. The number of hydrogen-bond donors (Lipinski definition) is 0. The lowest BCUT2D eigenvalue weighted by Gasteiger charge is -2.33. The van der Waals surface area contributed by atoms with Gasteiger partial charge in [0.25, 0.3) is 0 Å². The Kier molecular flexibility index (Phi) is 6.21. The lowest BCUT2D eigenvalue weighted by molar-refractivity contribution is -0.148. The SMILES string of the molecule is CCOC(=O)[C@H]1CCCN(c2cc(C)nc3c(-c4ccc(OC)c(OC)c4)c(C)nn23)C1. The van der Waals surface area contributed by atoms with Crippen LogP contribution < -0.4 is 14.4 Å². The predicted molar refractivity (Wildman–Crippen MR) is 123 cm³/mol. The number of rotatable bonds is 6. The zero-order valence-electron chi connectivity index (χ0n) is 19.3. The lowest BCUT2D eigenvalue weighted by atomic mass is 9.98. The van der Waals surface area contributed by atoms with Gasteiger partial charge in [0.05, 0.1) is 32.4 Å². The second-order valence-electron chi connectivity index (χ2n) is 8.06. The molecule has 2 aromatic heterocycles. The van der Waals surface area contributed by atoms with E-state index in [1.807, 2.05) is 49.6 Å². The first-order valence-electron chi connectivity index (χ1n) is 11.0. The summed E-state index contributed by atoms with van der Waals surface area (Å²) >= 11 is 0. The predicted octanol–water partition coefficient (Wildman–Crippen LogP) is 3.81. The third kappa shape index (κ3) is 3.97. The van der Waals surface area contributed by atoms with E-state index in [2.05, 4.69) is 4.90 Å². The first kappa shape index (κ1) is 21.9. The van der Waals surface area contributed by atoms with E-state index in [1.165, 1.54) is 0 Å². The number of fused-ring (bicyclic) bond motifs is 1. The molecule has 8 nitrogen and oxygen atoms in total. The second-order valence-corrected chi connectivity index (χ2v) is 8.06. The fourth-order valence-electron chi connectivity index (χ4n) is 4.42. The summed E-state index contributed by atoms with van der Waals surface area (Å²) in [5.41, 5.74) is 4.46. The number of aryl methyl sites for hydroxylation is 2. The van der Waals surface area contributed by atoms with Crippen molar-refractivity contribution in [1.82, 2.24) is 14.6 Å². The molecule has 0 bridgehead atoms. The molecule has 1 saturated heterocycles. The molecule has 0 spiro atoms. The number of carbonyl (C=O) groups excluding carboxylic acids is 1. The minimum atomic E-state index is -0.130. The van der Waals surface area contributed by atoms with Crippen molar-refractivity contribution in [2.24, 2.45) is 5.92 Å². The Labute approximate surface area is 188 Å². The normalized spacial score (nSPS) is 16.3. The van der Waals surface area contributed by atoms with Gasteiger partial charge in [-0.15, -0.1) is 0 Å². The molecule has 4 rings (SSSR count). The highest BCUT2D eigenvalue weighted by molar-refractivity contribution is 5.82. The van der Waals surface area contributed by atoms with Gasteiger partial charge in [0.15, 0.2) is 17.1 Å². The van der Waals surface area contributed by atoms with E-state index in [4.69, 9.17) is 24.3 Å². The fourth-order valence-corrected chi connectivity index (χ4v) is 4.42. The Balaban J connectivity index is 1.78. The van der Waals surface area contributed by atoms with Crippen LogP contribution in [0.3, 0.4) is 0 Å². The molecule has 8 heteroatoms. The van der Waals surface area contributed by atoms with Crippen molar-refractivity contribution in [3.05, 3.63) is 35.7 Å². The number of esters is 1. The lowest BCUT2D eigenvalue weighted by Crippen LogP contribution is -2.40. The first-order valence-corrected chi connectivity index (χ1v) is 11.0. The van der Waals surface area contributed by atoms with Crippen LogP contribution in [-0.4, -0.2) is 54.5 Å². The number of methoxy groups -OCH3 is 2. The molecular formula is C24H30N4O4. The van der Waals surface area contributed by atoms with Crippen molar-refractivity contribution in [2.45, 2.75) is 33.6 Å². The van der Waals surface area contributed by atoms with Crippen LogP contribution in [0.4, 0.5) is 5.82 Å². The molecule has 1 aliphatic heterocycles. The molecule has 0 amide bonds. The summed E-state index contributed by atoms with van der Waals surface area (Å²) in [6.07, 6.45) is 1.77. The number of ether oxygens (including phenoxy) is 3. The average molecular weight is 439 g/mol. The number of carbonyl (C=O) groups is 1. The third-order valence-corrected chi connectivity index (χ3v) is 5.91. The van der Waals surface area contributed by atoms with Crippen molar-refractivity contribution in [1.29, 1.82) is 0 Å². The molecule has 0 N–H and O–H groups in total. The number of anilines is 1. The maximum atomic E-state index is 12.4. The van der Waals surface area contributed by atoms with Crippen molar-refractivity contribution in [3.63, 3.8) is 0 Å². The van der Waals surface area contributed by atoms with E-state index >= 15 is 0 Å².